The summed E-state index contributed by atoms with van der Waals surface area (Å²) in [4.78, 5) is 34.1. The van der Waals surface area contributed by atoms with Gasteiger partial charge < -0.3 is 4.98 Å². The maximum absolute atomic E-state index is 11.4. The number of rotatable bonds is 4. The zero-order valence-electron chi connectivity index (χ0n) is 9.09. The second-order valence-corrected chi connectivity index (χ2v) is 3.77. The number of nitrogens with zero attached hydrogens (tertiary/aromatic N) is 1. The van der Waals surface area contributed by atoms with Gasteiger partial charge in [0.2, 0.25) is 0 Å². The lowest BCUT2D eigenvalue weighted by Gasteiger charge is -1.93. The van der Waals surface area contributed by atoms with Crippen molar-refractivity contribution in [3.63, 3.8) is 0 Å². The zero-order chi connectivity index (χ0) is 11.5. The number of unbranched alkanes of at least 4 members (excludes halogenated alkanes) is 2. The van der Waals surface area contributed by atoms with Crippen LogP contribution in [-0.4, -0.2) is 19.9 Å². The molecule has 0 aliphatic carbocycles. The lowest BCUT2D eigenvalue weighted by Crippen LogP contribution is -2.21. The molecule has 0 atom stereocenters. The third-order valence-electron chi connectivity index (χ3n) is 2.46. The number of aromatic nitrogens is 4. The van der Waals surface area contributed by atoms with E-state index in [0.717, 1.165) is 31.5 Å². The van der Waals surface area contributed by atoms with Gasteiger partial charge in [0, 0.05) is 6.42 Å². The van der Waals surface area contributed by atoms with Gasteiger partial charge in [-0.3, -0.25) is 14.8 Å². The van der Waals surface area contributed by atoms with Crippen molar-refractivity contribution in [3.8, 4) is 0 Å². The number of aryl methyl sites for hydroxylation is 1. The van der Waals surface area contributed by atoms with E-state index in [1.165, 1.54) is 0 Å². The Hall–Kier alpha value is -1.85. The van der Waals surface area contributed by atoms with Crippen molar-refractivity contribution in [2.75, 3.05) is 0 Å². The molecule has 3 N–H and O–H groups in total. The van der Waals surface area contributed by atoms with Crippen LogP contribution in [0.5, 0.6) is 0 Å². The first kappa shape index (κ1) is 10.7. The summed E-state index contributed by atoms with van der Waals surface area (Å²) >= 11 is 0. The van der Waals surface area contributed by atoms with E-state index in [9.17, 15) is 9.59 Å². The summed E-state index contributed by atoms with van der Waals surface area (Å²) in [6.07, 6.45) is 4.09. The van der Waals surface area contributed by atoms with E-state index in [1.54, 1.807) is 0 Å². The molecule has 0 saturated heterocycles. The topological polar surface area (TPSA) is 94.4 Å². The molecule has 0 spiro atoms. The zero-order valence-corrected chi connectivity index (χ0v) is 9.09. The van der Waals surface area contributed by atoms with E-state index in [1.807, 2.05) is 0 Å². The highest BCUT2D eigenvalue weighted by atomic mass is 16.2. The van der Waals surface area contributed by atoms with E-state index in [-0.39, 0.29) is 0 Å². The molecule has 6 heteroatoms. The fraction of sp³-hybridized carbons (Fsp3) is 0.500. The molecule has 0 saturated carbocycles. The first-order valence-electron chi connectivity index (χ1n) is 5.42. The van der Waals surface area contributed by atoms with Gasteiger partial charge in [-0.15, -0.1) is 0 Å². The van der Waals surface area contributed by atoms with Crippen molar-refractivity contribution in [3.05, 3.63) is 26.7 Å². The van der Waals surface area contributed by atoms with Crippen LogP contribution in [0, 0.1) is 0 Å². The Kier molecular flexibility index (Phi) is 2.89. The quantitative estimate of drug-likeness (QED) is 0.663. The molecule has 0 aliphatic heterocycles. The van der Waals surface area contributed by atoms with Gasteiger partial charge in [0.1, 0.15) is 11.3 Å². The second kappa shape index (κ2) is 4.34. The van der Waals surface area contributed by atoms with Crippen LogP contribution in [0.3, 0.4) is 0 Å². The molecule has 0 amide bonds. The van der Waals surface area contributed by atoms with Gasteiger partial charge in [0.05, 0.1) is 0 Å². The number of H-pyrrole nitrogens is 3. The highest BCUT2D eigenvalue weighted by Gasteiger charge is 2.06. The van der Waals surface area contributed by atoms with Crippen LogP contribution in [0.2, 0.25) is 0 Å². The number of fused-ring (bicyclic) bond motifs is 1. The first-order valence-corrected chi connectivity index (χ1v) is 5.42. The number of nitrogens with one attached hydrogen (secondary N) is 3. The Morgan fingerprint density at radius 1 is 1.12 bits per heavy atom. The minimum atomic E-state index is -0.524. The standard InChI is InChI=1S/C10H14N4O2/c1-2-3-4-5-6-11-7-8(12-6)13-10(16)14-9(7)15/h2-5H2,1H3,(H3,11,12,13,14,15,16). The van der Waals surface area contributed by atoms with Crippen molar-refractivity contribution >= 4 is 11.2 Å². The Bertz CT molecular complexity index is 593. The molecule has 0 unspecified atom stereocenters. The van der Waals surface area contributed by atoms with Crippen LogP contribution in [0.25, 0.3) is 11.2 Å². The lowest BCUT2D eigenvalue weighted by molar-refractivity contribution is 0.700. The summed E-state index contributed by atoms with van der Waals surface area (Å²) in [6, 6.07) is 0. The fourth-order valence-corrected chi connectivity index (χ4v) is 1.64. The maximum Gasteiger partial charge on any atom is 0.327 e. The van der Waals surface area contributed by atoms with Crippen molar-refractivity contribution in [1.82, 2.24) is 19.9 Å². The molecule has 0 bridgehead atoms. The van der Waals surface area contributed by atoms with Gasteiger partial charge in [-0.25, -0.2) is 9.78 Å². The minimum absolute atomic E-state index is 0.334. The van der Waals surface area contributed by atoms with Crippen molar-refractivity contribution in [1.29, 1.82) is 0 Å². The Morgan fingerprint density at radius 2 is 1.94 bits per heavy atom. The van der Waals surface area contributed by atoms with E-state index in [0.29, 0.717) is 11.2 Å². The van der Waals surface area contributed by atoms with Crippen LogP contribution < -0.4 is 11.2 Å². The highest BCUT2D eigenvalue weighted by molar-refractivity contribution is 5.68. The van der Waals surface area contributed by atoms with Gasteiger partial charge in [0.15, 0.2) is 5.65 Å². The lowest BCUT2D eigenvalue weighted by atomic mass is 10.2. The largest absolute Gasteiger partial charge is 0.336 e. The van der Waals surface area contributed by atoms with Gasteiger partial charge in [-0.1, -0.05) is 19.8 Å². The predicted octanol–water partition coefficient (Wildman–Crippen LogP) is 0.672. The van der Waals surface area contributed by atoms with E-state index in [4.69, 9.17) is 0 Å². The number of hydrogen-bond donors (Lipinski definition) is 3. The monoisotopic (exact) mass is 222 g/mol. The van der Waals surface area contributed by atoms with Crippen LogP contribution in [0.15, 0.2) is 9.59 Å². The summed E-state index contributed by atoms with van der Waals surface area (Å²) in [5, 5.41) is 0. The summed E-state index contributed by atoms with van der Waals surface area (Å²) in [5.74, 6) is 0.746. The highest BCUT2D eigenvalue weighted by Crippen LogP contribution is 2.06. The predicted molar refractivity (Wildman–Crippen MR) is 60.6 cm³/mol. The van der Waals surface area contributed by atoms with Crippen molar-refractivity contribution < 1.29 is 0 Å². The maximum atomic E-state index is 11.4. The normalized spacial score (nSPS) is 11.1. The minimum Gasteiger partial charge on any atom is -0.336 e. The SMILES string of the molecule is CCCCCc1nc2[nH]c(=O)[nH]c(=O)c2[nH]1. The number of hydrogen-bond acceptors (Lipinski definition) is 3. The van der Waals surface area contributed by atoms with Crippen molar-refractivity contribution in [2.24, 2.45) is 0 Å². The summed E-state index contributed by atoms with van der Waals surface area (Å²) in [5.41, 5.74) is -0.275. The van der Waals surface area contributed by atoms with Gasteiger partial charge in [0.25, 0.3) is 5.56 Å². The molecule has 6 nitrogen and oxygen atoms in total. The molecular weight excluding hydrogens is 208 g/mol. The third-order valence-corrected chi connectivity index (χ3v) is 2.46. The van der Waals surface area contributed by atoms with Gasteiger partial charge in [-0.05, 0) is 6.42 Å². The fourth-order valence-electron chi connectivity index (χ4n) is 1.64. The number of imidazole rings is 1. The van der Waals surface area contributed by atoms with E-state index in [2.05, 4.69) is 26.9 Å². The second-order valence-electron chi connectivity index (χ2n) is 3.77. The van der Waals surface area contributed by atoms with Crippen LogP contribution in [0.1, 0.15) is 32.0 Å². The molecule has 0 aromatic carbocycles. The molecule has 16 heavy (non-hydrogen) atoms. The molecule has 0 aliphatic rings. The average Bonchev–Trinajstić information content (AvgIpc) is 2.61. The van der Waals surface area contributed by atoms with Gasteiger partial charge in [-0.2, -0.15) is 0 Å². The third kappa shape index (κ3) is 2.05. The summed E-state index contributed by atoms with van der Waals surface area (Å²) in [6.45, 7) is 2.13. The molecule has 0 fully saturated rings. The summed E-state index contributed by atoms with van der Waals surface area (Å²) in [7, 11) is 0. The van der Waals surface area contributed by atoms with Crippen LogP contribution in [-0.2, 0) is 6.42 Å². The molecular formula is C10H14N4O2. The van der Waals surface area contributed by atoms with Crippen molar-refractivity contribution in [2.45, 2.75) is 32.6 Å². The first-order chi connectivity index (χ1) is 7.70. The van der Waals surface area contributed by atoms with E-state index < -0.39 is 11.2 Å². The molecule has 0 radical (unpaired) electrons. The van der Waals surface area contributed by atoms with Gasteiger partial charge >= 0.3 is 5.69 Å². The Morgan fingerprint density at radius 3 is 2.69 bits per heavy atom. The van der Waals surface area contributed by atoms with Crippen LogP contribution >= 0.6 is 0 Å². The molecule has 86 valence electrons. The number of aromatic amines is 3. The molecule has 2 aromatic heterocycles. The molecule has 2 aromatic rings. The Labute approximate surface area is 91.1 Å². The van der Waals surface area contributed by atoms with E-state index >= 15 is 0 Å². The summed E-state index contributed by atoms with van der Waals surface area (Å²) < 4.78 is 0. The average molecular weight is 222 g/mol. The molecule has 2 rings (SSSR count). The molecule has 2 heterocycles. The van der Waals surface area contributed by atoms with Crippen LogP contribution in [0.4, 0.5) is 0 Å². The smallest absolute Gasteiger partial charge is 0.327 e. The Balaban J connectivity index is 2.33.